The Morgan fingerprint density at radius 2 is 2.17 bits per heavy atom. The topological polar surface area (TPSA) is 105 Å². The van der Waals surface area contributed by atoms with E-state index in [2.05, 4.69) is 11.1 Å². The summed E-state index contributed by atoms with van der Waals surface area (Å²) in [4.78, 5) is 15.8. The van der Waals surface area contributed by atoms with E-state index in [9.17, 15) is 4.79 Å². The van der Waals surface area contributed by atoms with Crippen LogP contribution in [-0.4, -0.2) is 11.9 Å². The van der Waals surface area contributed by atoms with Crippen LogP contribution in [0.2, 0.25) is 0 Å². The monoisotopic (exact) mass is 258 g/mol. The number of amides is 1. The number of nitrogens with zero attached hydrogens (tertiary/aromatic N) is 2. The Bertz CT molecular complexity index is 705. The van der Waals surface area contributed by atoms with Crippen LogP contribution >= 0.6 is 11.3 Å². The van der Waals surface area contributed by atoms with Gasteiger partial charge in [-0.15, -0.1) is 11.3 Å². The lowest BCUT2D eigenvalue weighted by molar-refractivity contribution is 0.101. The van der Waals surface area contributed by atoms with Crippen LogP contribution in [0.25, 0.3) is 10.1 Å². The van der Waals surface area contributed by atoms with Crippen molar-refractivity contribution >= 4 is 33.3 Å². The van der Waals surface area contributed by atoms with Crippen molar-refractivity contribution in [2.24, 2.45) is 16.5 Å². The zero-order chi connectivity index (χ0) is 13.3. The van der Waals surface area contributed by atoms with Gasteiger partial charge in [-0.05, 0) is 24.6 Å². The predicted molar refractivity (Wildman–Crippen MR) is 71.4 cm³/mol. The van der Waals surface area contributed by atoms with Gasteiger partial charge in [0.2, 0.25) is 0 Å². The molecule has 2 rings (SSSR count). The van der Waals surface area contributed by atoms with Crippen molar-refractivity contribution in [3.8, 4) is 6.07 Å². The normalized spacial score (nSPS) is 10.0. The van der Waals surface area contributed by atoms with Crippen molar-refractivity contribution in [2.75, 3.05) is 0 Å². The fourth-order valence-corrected chi connectivity index (χ4v) is 2.89. The van der Waals surface area contributed by atoms with Gasteiger partial charge in [-0.2, -0.15) is 10.3 Å². The molecule has 1 amide bonds. The molecule has 90 valence electrons. The Balaban J connectivity index is 2.70. The highest BCUT2D eigenvalue weighted by Crippen LogP contribution is 2.33. The zero-order valence-electron chi connectivity index (χ0n) is 9.60. The summed E-state index contributed by atoms with van der Waals surface area (Å²) in [6.45, 7) is 1.79. The van der Waals surface area contributed by atoms with E-state index in [0.29, 0.717) is 10.4 Å². The van der Waals surface area contributed by atoms with Gasteiger partial charge in [-0.3, -0.25) is 4.79 Å². The minimum absolute atomic E-state index is 0.266. The number of nitrogens with two attached hydrogens (primary N) is 2. The van der Waals surface area contributed by atoms with E-state index in [1.807, 2.05) is 6.07 Å². The number of nitriles is 1. The molecule has 0 aliphatic heterocycles. The lowest BCUT2D eigenvalue weighted by Crippen LogP contribution is -2.24. The number of guanidine groups is 1. The van der Waals surface area contributed by atoms with Crippen molar-refractivity contribution in [3.05, 3.63) is 34.2 Å². The number of carbonyl (C=O) groups is 1. The summed E-state index contributed by atoms with van der Waals surface area (Å²) in [6, 6.07) is 7.48. The number of thiophene rings is 1. The van der Waals surface area contributed by atoms with Gasteiger partial charge >= 0.3 is 0 Å². The fraction of sp³-hybridized carbons (Fsp3) is 0.0833. The summed E-state index contributed by atoms with van der Waals surface area (Å²) in [6.07, 6.45) is 0. The zero-order valence-corrected chi connectivity index (χ0v) is 10.4. The molecule has 0 spiro atoms. The minimum atomic E-state index is -0.474. The van der Waals surface area contributed by atoms with Gasteiger partial charge in [0.25, 0.3) is 5.91 Å². The van der Waals surface area contributed by atoms with Crippen LogP contribution in [-0.2, 0) is 0 Å². The van der Waals surface area contributed by atoms with E-state index in [0.717, 1.165) is 15.6 Å². The summed E-state index contributed by atoms with van der Waals surface area (Å²) in [5, 5.41) is 9.85. The van der Waals surface area contributed by atoms with Gasteiger partial charge in [0.1, 0.15) is 0 Å². The Morgan fingerprint density at radius 3 is 2.78 bits per heavy atom. The molecule has 0 radical (unpaired) electrons. The van der Waals surface area contributed by atoms with Crippen LogP contribution in [0.4, 0.5) is 0 Å². The van der Waals surface area contributed by atoms with E-state index in [4.69, 9.17) is 16.7 Å². The Hall–Kier alpha value is -2.39. The van der Waals surface area contributed by atoms with Crippen LogP contribution in [0, 0.1) is 18.3 Å². The number of aliphatic imine (C=N–C) groups is 1. The molecular weight excluding hydrogens is 248 g/mol. The first-order valence-corrected chi connectivity index (χ1v) is 5.92. The first kappa shape index (κ1) is 12.1. The molecule has 0 aliphatic rings. The SMILES string of the molecule is Cc1c(C(=O)N=C(N)N)sc2cccc(C#N)c12. The van der Waals surface area contributed by atoms with Gasteiger partial charge in [-0.25, -0.2) is 0 Å². The maximum absolute atomic E-state index is 11.8. The van der Waals surface area contributed by atoms with Crippen molar-refractivity contribution in [3.63, 3.8) is 0 Å². The average Bonchev–Trinajstić information content (AvgIpc) is 2.66. The number of carbonyl (C=O) groups excluding carboxylic acids is 1. The van der Waals surface area contributed by atoms with E-state index in [1.165, 1.54) is 11.3 Å². The molecule has 0 unspecified atom stereocenters. The second-order valence-electron chi connectivity index (χ2n) is 3.69. The molecule has 4 N–H and O–H groups in total. The van der Waals surface area contributed by atoms with Crippen LogP contribution < -0.4 is 11.5 Å². The van der Waals surface area contributed by atoms with Gasteiger partial charge in [0.15, 0.2) is 5.96 Å². The molecule has 1 aromatic heterocycles. The first-order chi connectivity index (χ1) is 8.54. The van der Waals surface area contributed by atoms with Crippen molar-refractivity contribution in [1.29, 1.82) is 5.26 Å². The van der Waals surface area contributed by atoms with Crippen LogP contribution in [0.5, 0.6) is 0 Å². The summed E-state index contributed by atoms with van der Waals surface area (Å²) in [5.41, 5.74) is 11.7. The van der Waals surface area contributed by atoms with Crippen LogP contribution in [0.15, 0.2) is 23.2 Å². The Labute approximate surface area is 107 Å². The number of rotatable bonds is 1. The molecular formula is C12H10N4OS. The fourth-order valence-electron chi connectivity index (χ4n) is 1.77. The van der Waals surface area contributed by atoms with Gasteiger partial charge in [0.05, 0.1) is 16.5 Å². The van der Waals surface area contributed by atoms with Crippen molar-refractivity contribution < 1.29 is 4.79 Å². The maximum atomic E-state index is 11.8. The lowest BCUT2D eigenvalue weighted by atomic mass is 10.1. The summed E-state index contributed by atoms with van der Waals surface area (Å²) in [7, 11) is 0. The number of aryl methyl sites for hydroxylation is 1. The molecule has 6 heteroatoms. The number of hydrogen-bond acceptors (Lipinski definition) is 3. The minimum Gasteiger partial charge on any atom is -0.370 e. The van der Waals surface area contributed by atoms with Crippen LogP contribution in [0.1, 0.15) is 20.8 Å². The number of fused-ring (bicyclic) bond motifs is 1. The molecule has 0 bridgehead atoms. The largest absolute Gasteiger partial charge is 0.370 e. The van der Waals surface area contributed by atoms with Gasteiger partial charge in [0, 0.05) is 10.1 Å². The Kier molecular flexibility index (Phi) is 3.00. The second kappa shape index (κ2) is 4.47. The van der Waals surface area contributed by atoms with E-state index < -0.39 is 5.91 Å². The van der Waals surface area contributed by atoms with Gasteiger partial charge < -0.3 is 11.5 Å². The molecule has 0 aliphatic carbocycles. The van der Waals surface area contributed by atoms with Crippen molar-refractivity contribution in [1.82, 2.24) is 0 Å². The first-order valence-electron chi connectivity index (χ1n) is 5.10. The molecule has 5 nitrogen and oxygen atoms in total. The molecule has 0 saturated heterocycles. The number of benzene rings is 1. The third-order valence-electron chi connectivity index (χ3n) is 2.50. The van der Waals surface area contributed by atoms with Crippen molar-refractivity contribution in [2.45, 2.75) is 6.92 Å². The third-order valence-corrected chi connectivity index (χ3v) is 3.74. The summed E-state index contributed by atoms with van der Waals surface area (Å²) in [5.74, 6) is -0.741. The molecule has 18 heavy (non-hydrogen) atoms. The molecule has 1 heterocycles. The third kappa shape index (κ3) is 1.92. The predicted octanol–water partition coefficient (Wildman–Crippen LogP) is 1.50. The molecule has 0 fully saturated rings. The lowest BCUT2D eigenvalue weighted by Gasteiger charge is -1.95. The highest BCUT2D eigenvalue weighted by atomic mass is 32.1. The van der Waals surface area contributed by atoms with Gasteiger partial charge in [-0.1, -0.05) is 6.07 Å². The molecule has 0 atom stereocenters. The summed E-state index contributed by atoms with van der Waals surface area (Å²) >= 11 is 1.28. The maximum Gasteiger partial charge on any atom is 0.290 e. The van der Waals surface area contributed by atoms with E-state index in [-0.39, 0.29) is 5.96 Å². The summed E-state index contributed by atoms with van der Waals surface area (Å²) < 4.78 is 0.876. The quantitative estimate of drug-likeness (QED) is 0.597. The van der Waals surface area contributed by atoms with E-state index in [1.54, 1.807) is 19.1 Å². The average molecular weight is 258 g/mol. The van der Waals surface area contributed by atoms with E-state index >= 15 is 0 Å². The second-order valence-corrected chi connectivity index (χ2v) is 4.74. The molecule has 1 aromatic carbocycles. The Morgan fingerprint density at radius 1 is 1.44 bits per heavy atom. The smallest absolute Gasteiger partial charge is 0.290 e. The standard InChI is InChI=1S/C12H10N4OS/c1-6-9-7(5-13)3-2-4-8(9)18-10(6)11(17)16-12(14)15/h2-4H,1H3,(H4,14,15,16,17). The highest BCUT2D eigenvalue weighted by Gasteiger charge is 2.17. The molecule has 0 saturated carbocycles. The highest BCUT2D eigenvalue weighted by molar-refractivity contribution is 7.21. The molecule has 2 aromatic rings. The van der Waals surface area contributed by atoms with Crippen LogP contribution in [0.3, 0.4) is 0 Å². The number of hydrogen-bond donors (Lipinski definition) is 2.